The molecule has 138 valence electrons. The van der Waals surface area contributed by atoms with Crippen molar-refractivity contribution in [2.24, 2.45) is 0 Å². The summed E-state index contributed by atoms with van der Waals surface area (Å²) >= 11 is 0. The van der Waals surface area contributed by atoms with Gasteiger partial charge in [-0.25, -0.2) is 0 Å². The number of carbonyl (C=O) groups is 1. The minimum Gasteiger partial charge on any atom is -0.359 e. The van der Waals surface area contributed by atoms with Crippen molar-refractivity contribution in [3.8, 4) is 0 Å². The summed E-state index contributed by atoms with van der Waals surface area (Å²) in [6, 6.07) is 20.2. The van der Waals surface area contributed by atoms with Crippen LogP contribution in [0.5, 0.6) is 0 Å². The molecule has 0 fully saturated rings. The van der Waals surface area contributed by atoms with Crippen LogP contribution < -0.4 is 10.2 Å². The molecule has 0 aliphatic carbocycles. The fraction of sp³-hybridized carbons (Fsp3) is 0.227. The fourth-order valence-corrected chi connectivity index (χ4v) is 3.00. The van der Waals surface area contributed by atoms with E-state index in [4.69, 9.17) is 0 Å². The zero-order valence-electron chi connectivity index (χ0n) is 15.5. The van der Waals surface area contributed by atoms with Crippen LogP contribution in [-0.2, 0) is 24.3 Å². The van der Waals surface area contributed by atoms with Gasteiger partial charge in [-0.1, -0.05) is 30.3 Å². The van der Waals surface area contributed by atoms with Crippen molar-refractivity contribution in [2.75, 3.05) is 11.4 Å². The lowest BCUT2D eigenvalue weighted by molar-refractivity contribution is -0.118. The van der Waals surface area contributed by atoms with Crippen LogP contribution in [0, 0.1) is 0 Å². The van der Waals surface area contributed by atoms with Gasteiger partial charge >= 0.3 is 0 Å². The monoisotopic (exact) mass is 360 g/mol. The maximum Gasteiger partial charge on any atom is 0.216 e. The van der Waals surface area contributed by atoms with Crippen LogP contribution in [0.1, 0.15) is 23.9 Å². The van der Waals surface area contributed by atoms with Crippen molar-refractivity contribution < 1.29 is 4.79 Å². The van der Waals surface area contributed by atoms with E-state index in [1.807, 2.05) is 60.9 Å². The molecule has 5 heteroatoms. The number of carbonyl (C=O) groups excluding carboxylic acids is 1. The van der Waals surface area contributed by atoms with E-state index in [0.29, 0.717) is 19.6 Å². The molecular weight excluding hydrogens is 336 g/mol. The molecule has 3 rings (SSSR count). The van der Waals surface area contributed by atoms with Gasteiger partial charge in [0, 0.05) is 31.5 Å². The van der Waals surface area contributed by atoms with Crippen LogP contribution >= 0.6 is 0 Å². The first kappa shape index (κ1) is 18.6. The van der Waals surface area contributed by atoms with Crippen molar-refractivity contribution >= 4 is 11.6 Å². The highest BCUT2D eigenvalue weighted by Gasteiger charge is 2.13. The van der Waals surface area contributed by atoms with Crippen molar-refractivity contribution in [3.63, 3.8) is 0 Å². The van der Waals surface area contributed by atoms with E-state index in [1.54, 1.807) is 6.92 Å². The van der Waals surface area contributed by atoms with E-state index in [2.05, 4.69) is 32.3 Å². The van der Waals surface area contributed by atoms with E-state index >= 15 is 0 Å². The SMILES string of the molecule is CC(=O)NCCc1ccccc1N(Cc1ccccn1)Cc1ccccn1. The van der Waals surface area contributed by atoms with Gasteiger partial charge in [-0.15, -0.1) is 0 Å². The molecule has 0 saturated heterocycles. The lowest BCUT2D eigenvalue weighted by atomic mass is 10.1. The summed E-state index contributed by atoms with van der Waals surface area (Å²) in [6.45, 7) is 3.54. The van der Waals surface area contributed by atoms with Crippen LogP contribution in [0.15, 0.2) is 73.1 Å². The number of hydrogen-bond acceptors (Lipinski definition) is 4. The number of amides is 1. The molecule has 1 aromatic carbocycles. The van der Waals surface area contributed by atoms with E-state index in [1.165, 1.54) is 5.56 Å². The molecule has 0 bridgehead atoms. The Bertz CT molecular complexity index is 811. The Morgan fingerprint density at radius 3 is 2.04 bits per heavy atom. The third-order valence-electron chi connectivity index (χ3n) is 4.26. The standard InChI is InChI=1S/C22H24N4O/c1-18(27)23-15-12-19-8-2-3-11-22(19)26(16-20-9-4-6-13-24-20)17-21-10-5-7-14-25-21/h2-11,13-14H,12,15-17H2,1H3,(H,23,27). The first-order valence-electron chi connectivity index (χ1n) is 9.09. The Labute approximate surface area is 160 Å². The summed E-state index contributed by atoms with van der Waals surface area (Å²) < 4.78 is 0. The van der Waals surface area contributed by atoms with Gasteiger partial charge in [0.25, 0.3) is 0 Å². The Morgan fingerprint density at radius 2 is 1.48 bits per heavy atom. The molecule has 5 nitrogen and oxygen atoms in total. The summed E-state index contributed by atoms with van der Waals surface area (Å²) in [6.07, 6.45) is 4.41. The molecular formula is C22H24N4O. The number of nitrogens with one attached hydrogen (secondary N) is 1. The van der Waals surface area contributed by atoms with E-state index in [-0.39, 0.29) is 5.91 Å². The maximum absolute atomic E-state index is 11.2. The molecule has 0 aliphatic heterocycles. The average Bonchev–Trinajstić information content (AvgIpc) is 2.69. The van der Waals surface area contributed by atoms with Crippen molar-refractivity contribution in [1.29, 1.82) is 0 Å². The number of pyridine rings is 2. The molecule has 0 saturated carbocycles. The number of para-hydroxylation sites is 1. The molecule has 0 aliphatic rings. The number of benzene rings is 1. The van der Waals surface area contributed by atoms with Gasteiger partial charge in [0.1, 0.15) is 0 Å². The van der Waals surface area contributed by atoms with Crippen LogP contribution in [0.25, 0.3) is 0 Å². The Kier molecular flexibility index (Phi) is 6.52. The zero-order valence-corrected chi connectivity index (χ0v) is 15.5. The lowest BCUT2D eigenvalue weighted by Crippen LogP contribution is -2.26. The quantitative estimate of drug-likeness (QED) is 0.669. The van der Waals surface area contributed by atoms with Gasteiger partial charge in [0.15, 0.2) is 0 Å². The number of hydrogen-bond donors (Lipinski definition) is 1. The topological polar surface area (TPSA) is 58.1 Å². The molecule has 2 heterocycles. The average molecular weight is 360 g/mol. The van der Waals surface area contributed by atoms with Crippen molar-refractivity contribution in [2.45, 2.75) is 26.4 Å². The van der Waals surface area contributed by atoms with Gasteiger partial charge in [0.05, 0.1) is 24.5 Å². The molecule has 27 heavy (non-hydrogen) atoms. The van der Waals surface area contributed by atoms with E-state index in [0.717, 1.165) is 23.5 Å². The highest BCUT2D eigenvalue weighted by Crippen LogP contribution is 2.24. The van der Waals surface area contributed by atoms with Crippen molar-refractivity contribution in [3.05, 3.63) is 90.0 Å². The van der Waals surface area contributed by atoms with Crippen LogP contribution in [-0.4, -0.2) is 22.4 Å². The number of nitrogens with zero attached hydrogens (tertiary/aromatic N) is 3. The largest absolute Gasteiger partial charge is 0.359 e. The van der Waals surface area contributed by atoms with Gasteiger partial charge in [-0.05, 0) is 42.3 Å². The minimum absolute atomic E-state index is 0.00805. The molecule has 0 unspecified atom stereocenters. The smallest absolute Gasteiger partial charge is 0.216 e. The predicted molar refractivity (Wildman–Crippen MR) is 107 cm³/mol. The second-order valence-corrected chi connectivity index (χ2v) is 6.36. The van der Waals surface area contributed by atoms with Crippen LogP contribution in [0.4, 0.5) is 5.69 Å². The van der Waals surface area contributed by atoms with Crippen LogP contribution in [0.3, 0.4) is 0 Å². The van der Waals surface area contributed by atoms with Gasteiger partial charge < -0.3 is 10.2 Å². The van der Waals surface area contributed by atoms with Crippen LogP contribution in [0.2, 0.25) is 0 Å². The Morgan fingerprint density at radius 1 is 0.889 bits per heavy atom. The highest BCUT2D eigenvalue weighted by atomic mass is 16.1. The van der Waals surface area contributed by atoms with Crippen molar-refractivity contribution in [1.82, 2.24) is 15.3 Å². The van der Waals surface area contributed by atoms with Gasteiger partial charge in [-0.2, -0.15) is 0 Å². The third kappa shape index (κ3) is 5.64. The molecule has 3 aromatic rings. The third-order valence-corrected chi connectivity index (χ3v) is 4.26. The molecule has 0 radical (unpaired) electrons. The fourth-order valence-electron chi connectivity index (χ4n) is 3.00. The summed E-state index contributed by atoms with van der Waals surface area (Å²) in [5.74, 6) is -0.00805. The maximum atomic E-state index is 11.2. The summed E-state index contributed by atoms with van der Waals surface area (Å²) in [4.78, 5) is 22.4. The second-order valence-electron chi connectivity index (χ2n) is 6.36. The minimum atomic E-state index is -0.00805. The van der Waals surface area contributed by atoms with Gasteiger partial charge in [0.2, 0.25) is 5.91 Å². The van der Waals surface area contributed by atoms with E-state index < -0.39 is 0 Å². The highest BCUT2D eigenvalue weighted by molar-refractivity contribution is 5.72. The first-order chi connectivity index (χ1) is 13.2. The number of rotatable bonds is 8. The Balaban J connectivity index is 1.86. The molecule has 1 amide bonds. The number of anilines is 1. The summed E-state index contributed by atoms with van der Waals surface area (Å²) in [5, 5.41) is 2.88. The predicted octanol–water partition coefficient (Wildman–Crippen LogP) is 3.36. The van der Waals surface area contributed by atoms with Gasteiger partial charge in [-0.3, -0.25) is 14.8 Å². The number of aromatic nitrogens is 2. The normalized spacial score (nSPS) is 10.4. The molecule has 2 aromatic heterocycles. The lowest BCUT2D eigenvalue weighted by Gasteiger charge is -2.27. The Hall–Kier alpha value is -3.21. The second kappa shape index (κ2) is 9.48. The first-order valence-corrected chi connectivity index (χ1v) is 9.09. The van der Waals surface area contributed by atoms with E-state index in [9.17, 15) is 4.79 Å². The zero-order chi connectivity index (χ0) is 18.9. The molecule has 0 spiro atoms. The molecule has 1 N–H and O–H groups in total. The summed E-state index contributed by atoms with van der Waals surface area (Å²) in [5.41, 5.74) is 4.34. The summed E-state index contributed by atoms with van der Waals surface area (Å²) in [7, 11) is 0. The molecule has 0 atom stereocenters.